The standard InChI is InChI=1S/C25H20FN5O2/c1-33-20-13-9-18(10-14-20)23(32)28-24-29-25-27-21(16-5-3-2-4-6-16)15-22(31(25)30-24)17-7-11-19(26)12-8-17/h2-15,22H,1H3,(H2,27,28,29,30,32). The van der Waals surface area contributed by atoms with Crippen LogP contribution in [0.25, 0.3) is 5.70 Å². The van der Waals surface area contributed by atoms with Crippen molar-refractivity contribution in [2.45, 2.75) is 6.04 Å². The zero-order valence-corrected chi connectivity index (χ0v) is 17.7. The summed E-state index contributed by atoms with van der Waals surface area (Å²) >= 11 is 0. The average molecular weight is 441 g/mol. The summed E-state index contributed by atoms with van der Waals surface area (Å²) in [6.07, 6.45) is 2.00. The highest BCUT2D eigenvalue weighted by atomic mass is 19.1. The van der Waals surface area contributed by atoms with Crippen molar-refractivity contribution in [3.05, 3.63) is 107 Å². The first kappa shape index (κ1) is 20.4. The van der Waals surface area contributed by atoms with Gasteiger partial charge in [0.25, 0.3) is 11.9 Å². The van der Waals surface area contributed by atoms with Crippen molar-refractivity contribution in [3.63, 3.8) is 0 Å². The highest BCUT2D eigenvalue weighted by Crippen LogP contribution is 2.33. The van der Waals surface area contributed by atoms with Gasteiger partial charge in [0.2, 0.25) is 5.95 Å². The number of aromatic nitrogens is 3. The molecule has 0 saturated carbocycles. The first-order valence-electron chi connectivity index (χ1n) is 10.3. The molecule has 0 spiro atoms. The average Bonchev–Trinajstić information content (AvgIpc) is 3.27. The van der Waals surface area contributed by atoms with E-state index in [9.17, 15) is 9.18 Å². The fourth-order valence-electron chi connectivity index (χ4n) is 3.65. The van der Waals surface area contributed by atoms with Crippen molar-refractivity contribution in [2.75, 3.05) is 17.7 Å². The van der Waals surface area contributed by atoms with Crippen LogP contribution in [0.5, 0.6) is 5.75 Å². The van der Waals surface area contributed by atoms with E-state index in [4.69, 9.17) is 4.74 Å². The minimum absolute atomic E-state index is 0.160. The van der Waals surface area contributed by atoms with Crippen molar-refractivity contribution in [1.29, 1.82) is 0 Å². The Balaban J connectivity index is 1.47. The number of nitrogens with zero attached hydrogens (tertiary/aromatic N) is 3. The van der Waals surface area contributed by atoms with Gasteiger partial charge in [-0.2, -0.15) is 4.98 Å². The highest BCUT2D eigenvalue weighted by molar-refractivity contribution is 6.03. The van der Waals surface area contributed by atoms with Crippen molar-refractivity contribution in [1.82, 2.24) is 14.8 Å². The van der Waals surface area contributed by atoms with E-state index in [2.05, 4.69) is 20.7 Å². The number of amides is 1. The zero-order valence-electron chi connectivity index (χ0n) is 17.7. The van der Waals surface area contributed by atoms with Crippen LogP contribution in [-0.2, 0) is 0 Å². The van der Waals surface area contributed by atoms with Crippen molar-refractivity contribution >= 4 is 23.5 Å². The molecule has 1 aromatic heterocycles. The van der Waals surface area contributed by atoms with Crippen LogP contribution in [0.4, 0.5) is 16.3 Å². The van der Waals surface area contributed by atoms with Gasteiger partial charge in [0.15, 0.2) is 0 Å². The summed E-state index contributed by atoms with van der Waals surface area (Å²) in [5, 5.41) is 10.5. The Bertz CT molecular complexity index is 1320. The molecule has 2 heterocycles. The quantitative estimate of drug-likeness (QED) is 0.468. The minimum Gasteiger partial charge on any atom is -0.497 e. The van der Waals surface area contributed by atoms with Crippen molar-refractivity contribution in [3.8, 4) is 5.75 Å². The van der Waals surface area contributed by atoms with Gasteiger partial charge in [-0.25, -0.2) is 9.07 Å². The molecule has 0 bridgehead atoms. The van der Waals surface area contributed by atoms with Crippen LogP contribution in [0.2, 0.25) is 0 Å². The number of fused-ring (bicyclic) bond motifs is 1. The molecule has 0 fully saturated rings. The molecule has 0 radical (unpaired) electrons. The molecule has 4 aromatic rings. The molecule has 0 saturated heterocycles. The van der Waals surface area contributed by atoms with Crippen LogP contribution in [0.15, 0.2) is 84.9 Å². The number of carbonyl (C=O) groups is 1. The number of benzene rings is 3. The fourth-order valence-corrected chi connectivity index (χ4v) is 3.65. The summed E-state index contributed by atoms with van der Waals surface area (Å²) in [6, 6.07) is 22.5. The SMILES string of the molecule is COc1ccc(C(=O)Nc2nc3n(n2)C(c2ccc(F)cc2)C=C(c2ccccc2)N3)cc1. The van der Waals surface area contributed by atoms with Gasteiger partial charge in [-0.1, -0.05) is 42.5 Å². The number of allylic oxidation sites excluding steroid dienone is 1. The molecule has 1 amide bonds. The number of nitrogens with one attached hydrogen (secondary N) is 2. The smallest absolute Gasteiger partial charge is 0.258 e. The van der Waals surface area contributed by atoms with E-state index in [0.717, 1.165) is 16.8 Å². The van der Waals surface area contributed by atoms with Gasteiger partial charge in [0.05, 0.1) is 7.11 Å². The number of halogens is 1. The lowest BCUT2D eigenvalue weighted by Gasteiger charge is -2.24. The van der Waals surface area contributed by atoms with E-state index in [-0.39, 0.29) is 23.7 Å². The van der Waals surface area contributed by atoms with E-state index < -0.39 is 0 Å². The molecule has 1 aliphatic heterocycles. The van der Waals surface area contributed by atoms with Gasteiger partial charge < -0.3 is 10.1 Å². The Labute approximate surface area is 189 Å². The lowest BCUT2D eigenvalue weighted by molar-refractivity contribution is 0.102. The number of carbonyl (C=O) groups excluding carboxylic acids is 1. The molecule has 1 atom stereocenters. The van der Waals surface area contributed by atoms with Gasteiger partial charge in [-0.15, -0.1) is 5.10 Å². The Morgan fingerprint density at radius 2 is 1.76 bits per heavy atom. The van der Waals surface area contributed by atoms with Crippen LogP contribution in [0.3, 0.4) is 0 Å². The molecule has 1 aliphatic rings. The van der Waals surface area contributed by atoms with E-state index in [0.29, 0.717) is 17.3 Å². The third-order valence-electron chi connectivity index (χ3n) is 5.34. The van der Waals surface area contributed by atoms with Gasteiger partial charge in [-0.3, -0.25) is 10.1 Å². The monoisotopic (exact) mass is 441 g/mol. The summed E-state index contributed by atoms with van der Waals surface area (Å²) in [6.45, 7) is 0. The molecule has 3 aromatic carbocycles. The second kappa shape index (κ2) is 8.58. The number of hydrogen-bond acceptors (Lipinski definition) is 5. The largest absolute Gasteiger partial charge is 0.497 e. The van der Waals surface area contributed by atoms with Crippen LogP contribution in [0.1, 0.15) is 27.5 Å². The molecule has 33 heavy (non-hydrogen) atoms. The molecule has 8 heteroatoms. The summed E-state index contributed by atoms with van der Waals surface area (Å²) in [5.41, 5.74) is 3.11. The van der Waals surface area contributed by atoms with Gasteiger partial charge >= 0.3 is 0 Å². The number of methoxy groups -OCH3 is 1. The third kappa shape index (κ3) is 4.18. The molecule has 164 valence electrons. The molecule has 1 unspecified atom stereocenters. The summed E-state index contributed by atoms with van der Waals surface area (Å²) in [5.74, 6) is 0.637. The van der Waals surface area contributed by atoms with Crippen LogP contribution in [0, 0.1) is 5.82 Å². The first-order valence-corrected chi connectivity index (χ1v) is 10.3. The number of anilines is 2. The number of ether oxygens (including phenoxy) is 1. The normalized spacial score (nSPS) is 14.6. The molecular weight excluding hydrogens is 421 g/mol. The Hall–Kier alpha value is -4.46. The molecule has 5 rings (SSSR count). The van der Waals surface area contributed by atoms with Crippen LogP contribution in [-0.4, -0.2) is 27.8 Å². The van der Waals surface area contributed by atoms with Crippen LogP contribution >= 0.6 is 0 Å². The molecule has 7 nitrogen and oxygen atoms in total. The van der Waals surface area contributed by atoms with Crippen LogP contribution < -0.4 is 15.4 Å². The second-order valence-electron chi connectivity index (χ2n) is 7.45. The van der Waals surface area contributed by atoms with E-state index in [1.807, 2.05) is 36.4 Å². The van der Waals surface area contributed by atoms with Crippen molar-refractivity contribution < 1.29 is 13.9 Å². The summed E-state index contributed by atoms with van der Waals surface area (Å²) in [4.78, 5) is 17.2. The van der Waals surface area contributed by atoms with Gasteiger partial charge in [0, 0.05) is 11.3 Å². The maximum absolute atomic E-state index is 13.5. The lowest BCUT2D eigenvalue weighted by Crippen LogP contribution is -2.20. The number of hydrogen-bond donors (Lipinski definition) is 2. The molecular formula is C25H20FN5O2. The summed E-state index contributed by atoms with van der Waals surface area (Å²) < 4.78 is 20.3. The number of rotatable bonds is 5. The predicted octanol–water partition coefficient (Wildman–Crippen LogP) is 4.73. The highest BCUT2D eigenvalue weighted by Gasteiger charge is 2.26. The predicted molar refractivity (Wildman–Crippen MR) is 124 cm³/mol. The first-order chi connectivity index (χ1) is 16.1. The molecule has 2 N–H and O–H groups in total. The van der Waals surface area contributed by atoms with E-state index in [1.165, 1.54) is 12.1 Å². The fraction of sp³-hybridized carbons (Fsp3) is 0.0800. The Morgan fingerprint density at radius 3 is 2.45 bits per heavy atom. The molecule has 0 aliphatic carbocycles. The lowest BCUT2D eigenvalue weighted by atomic mass is 10.0. The van der Waals surface area contributed by atoms with E-state index >= 15 is 0 Å². The maximum atomic E-state index is 13.5. The minimum atomic E-state index is -0.338. The zero-order chi connectivity index (χ0) is 22.8. The summed E-state index contributed by atoms with van der Waals surface area (Å²) in [7, 11) is 1.57. The topological polar surface area (TPSA) is 81.1 Å². The second-order valence-corrected chi connectivity index (χ2v) is 7.45. The van der Waals surface area contributed by atoms with E-state index in [1.54, 1.807) is 48.2 Å². The Kier molecular flexibility index (Phi) is 5.32. The maximum Gasteiger partial charge on any atom is 0.258 e. The van der Waals surface area contributed by atoms with Crippen molar-refractivity contribution in [2.24, 2.45) is 0 Å². The van der Waals surface area contributed by atoms with Gasteiger partial charge in [-0.05, 0) is 53.6 Å². The third-order valence-corrected chi connectivity index (χ3v) is 5.34. The van der Waals surface area contributed by atoms with Gasteiger partial charge in [0.1, 0.15) is 17.6 Å². The Morgan fingerprint density at radius 1 is 1.03 bits per heavy atom.